The van der Waals surface area contributed by atoms with Crippen LogP contribution >= 0.6 is 23.5 Å². The number of nitrogen functional groups attached to an aromatic ring is 1. The van der Waals surface area contributed by atoms with Crippen molar-refractivity contribution in [2.75, 3.05) is 18.9 Å². The highest BCUT2D eigenvalue weighted by atomic mass is 32.2. The van der Waals surface area contributed by atoms with Gasteiger partial charge in [-0.2, -0.15) is 10.5 Å². The van der Waals surface area contributed by atoms with Crippen molar-refractivity contribution >= 4 is 29.2 Å². The number of rotatable bonds is 12. The molecule has 0 unspecified atom stereocenters. The Morgan fingerprint density at radius 2 is 1.18 bits per heavy atom. The van der Waals surface area contributed by atoms with Crippen LogP contribution in [0.1, 0.15) is 57.2 Å². The van der Waals surface area contributed by atoms with Crippen LogP contribution in [-0.4, -0.2) is 13.2 Å². The number of hydrogen-bond donors (Lipinski definition) is 1. The van der Waals surface area contributed by atoms with Crippen molar-refractivity contribution < 1.29 is 9.47 Å². The van der Waals surface area contributed by atoms with Gasteiger partial charge in [-0.1, -0.05) is 81.6 Å². The molecule has 0 spiro atoms. The maximum atomic E-state index is 10.3. The first-order valence-electron chi connectivity index (χ1n) is 12.8. The molecule has 0 saturated heterocycles. The third-order valence-electron chi connectivity index (χ3n) is 5.87. The minimum atomic E-state index is 0.196. The Morgan fingerprint density at radius 3 is 1.63 bits per heavy atom. The molecule has 0 aliphatic rings. The molecule has 0 amide bonds. The van der Waals surface area contributed by atoms with E-state index < -0.39 is 0 Å². The van der Waals surface area contributed by atoms with Gasteiger partial charge in [0.25, 0.3) is 0 Å². The van der Waals surface area contributed by atoms with Gasteiger partial charge in [0.05, 0.1) is 23.0 Å². The minimum Gasteiger partial charge on any atom is -0.491 e. The molecular weight excluding hydrogens is 510 g/mol. The molecule has 0 aliphatic carbocycles. The van der Waals surface area contributed by atoms with Crippen molar-refractivity contribution in [2.24, 2.45) is 11.8 Å². The summed E-state index contributed by atoms with van der Waals surface area (Å²) >= 11 is 2.97. The van der Waals surface area contributed by atoms with Gasteiger partial charge < -0.3 is 15.2 Å². The van der Waals surface area contributed by atoms with Crippen LogP contribution in [0.2, 0.25) is 0 Å². The SMILES string of the molecule is Cc1ccccc1Sc1c(OCCC(C)C)c(C#N)c(C#N)c(OCCC(C)C)c1Sc1ccccc1N. The maximum absolute atomic E-state index is 10.3. The first-order chi connectivity index (χ1) is 18.3. The molecule has 5 nitrogen and oxygen atoms in total. The molecule has 3 rings (SSSR count). The van der Waals surface area contributed by atoms with E-state index in [0.29, 0.717) is 42.2 Å². The highest BCUT2D eigenvalue weighted by molar-refractivity contribution is 8.02. The molecule has 0 atom stereocenters. The minimum absolute atomic E-state index is 0.196. The molecule has 3 aromatic carbocycles. The Balaban J connectivity index is 2.32. The Bertz CT molecular complexity index is 1240. The Morgan fingerprint density at radius 1 is 0.737 bits per heavy atom. The lowest BCUT2D eigenvalue weighted by atomic mass is 10.1. The van der Waals surface area contributed by atoms with E-state index in [1.54, 1.807) is 0 Å². The van der Waals surface area contributed by atoms with Gasteiger partial charge in [0, 0.05) is 15.5 Å². The number of aryl methyl sites for hydroxylation is 1. The van der Waals surface area contributed by atoms with Crippen LogP contribution in [0.15, 0.2) is 68.1 Å². The van der Waals surface area contributed by atoms with E-state index >= 15 is 0 Å². The lowest BCUT2D eigenvalue weighted by molar-refractivity contribution is 0.269. The zero-order chi connectivity index (χ0) is 27.7. The summed E-state index contributed by atoms with van der Waals surface area (Å²) in [4.78, 5) is 3.36. The zero-order valence-corrected chi connectivity index (χ0v) is 24.3. The van der Waals surface area contributed by atoms with Crippen LogP contribution in [0.4, 0.5) is 5.69 Å². The molecule has 2 N–H and O–H groups in total. The van der Waals surface area contributed by atoms with Crippen molar-refractivity contribution in [2.45, 2.75) is 67.0 Å². The lowest BCUT2D eigenvalue weighted by Crippen LogP contribution is -2.09. The van der Waals surface area contributed by atoms with Crippen LogP contribution in [0.3, 0.4) is 0 Å². The van der Waals surface area contributed by atoms with Gasteiger partial charge in [-0.3, -0.25) is 0 Å². The quantitative estimate of drug-likeness (QED) is 0.228. The van der Waals surface area contributed by atoms with E-state index in [9.17, 15) is 10.5 Å². The average molecular weight is 546 g/mol. The number of nitrogens with two attached hydrogens (primary N) is 1. The number of nitriles is 2. The number of benzene rings is 3. The van der Waals surface area contributed by atoms with Crippen molar-refractivity contribution in [1.82, 2.24) is 0 Å². The summed E-state index contributed by atoms with van der Waals surface area (Å²) in [7, 11) is 0. The second-order valence-electron chi connectivity index (χ2n) is 9.86. The molecule has 3 aromatic rings. The van der Waals surface area contributed by atoms with Crippen molar-refractivity contribution in [3.63, 3.8) is 0 Å². The van der Waals surface area contributed by atoms with Crippen LogP contribution in [0, 0.1) is 41.4 Å². The van der Waals surface area contributed by atoms with Crippen LogP contribution in [0.25, 0.3) is 0 Å². The summed E-state index contributed by atoms with van der Waals surface area (Å²) in [5, 5.41) is 20.5. The predicted octanol–water partition coefficient (Wildman–Crippen LogP) is 8.47. The van der Waals surface area contributed by atoms with Gasteiger partial charge in [-0.15, -0.1) is 0 Å². The predicted molar refractivity (Wildman–Crippen MR) is 156 cm³/mol. The van der Waals surface area contributed by atoms with Crippen molar-refractivity contribution in [3.8, 4) is 23.6 Å². The van der Waals surface area contributed by atoms with E-state index in [-0.39, 0.29) is 11.1 Å². The van der Waals surface area contributed by atoms with E-state index in [2.05, 4.69) is 52.8 Å². The Kier molecular flexibility index (Phi) is 10.8. The van der Waals surface area contributed by atoms with E-state index in [0.717, 1.165) is 38.0 Å². The number of para-hydroxylation sites is 1. The lowest BCUT2D eigenvalue weighted by Gasteiger charge is -2.23. The Hall–Kier alpha value is -3.26. The first-order valence-corrected chi connectivity index (χ1v) is 14.5. The smallest absolute Gasteiger partial charge is 0.153 e. The number of ether oxygens (including phenoxy) is 2. The van der Waals surface area contributed by atoms with Gasteiger partial charge in [0.1, 0.15) is 23.3 Å². The third kappa shape index (κ3) is 7.40. The molecule has 198 valence electrons. The van der Waals surface area contributed by atoms with Gasteiger partial charge in [0.2, 0.25) is 0 Å². The molecule has 0 bridgehead atoms. The van der Waals surface area contributed by atoms with Crippen molar-refractivity contribution in [3.05, 3.63) is 65.2 Å². The molecule has 38 heavy (non-hydrogen) atoms. The second-order valence-corrected chi connectivity index (χ2v) is 12.0. The number of hydrogen-bond acceptors (Lipinski definition) is 7. The van der Waals surface area contributed by atoms with Crippen LogP contribution in [-0.2, 0) is 0 Å². The summed E-state index contributed by atoms with van der Waals surface area (Å²) in [5.41, 5.74) is 8.48. The highest BCUT2D eigenvalue weighted by Crippen LogP contribution is 2.53. The van der Waals surface area contributed by atoms with Crippen molar-refractivity contribution in [1.29, 1.82) is 10.5 Å². The summed E-state index contributed by atoms with van der Waals surface area (Å²) in [6.07, 6.45) is 1.64. The topological polar surface area (TPSA) is 92.1 Å². The summed E-state index contributed by atoms with van der Waals surface area (Å²) in [6, 6.07) is 20.2. The van der Waals surface area contributed by atoms with E-state index in [4.69, 9.17) is 15.2 Å². The second kappa shape index (κ2) is 14.0. The Labute approximate surface area is 235 Å². The molecule has 0 fully saturated rings. The van der Waals surface area contributed by atoms with Crippen LogP contribution < -0.4 is 15.2 Å². The molecule has 7 heteroatoms. The van der Waals surface area contributed by atoms with Gasteiger partial charge >= 0.3 is 0 Å². The van der Waals surface area contributed by atoms with E-state index in [1.165, 1.54) is 23.5 Å². The van der Waals surface area contributed by atoms with Gasteiger partial charge in [-0.05, 0) is 55.4 Å². The fourth-order valence-corrected chi connectivity index (χ4v) is 5.87. The normalized spacial score (nSPS) is 10.9. The summed E-state index contributed by atoms with van der Waals surface area (Å²) in [6.45, 7) is 11.4. The molecule has 0 radical (unpaired) electrons. The van der Waals surface area contributed by atoms with E-state index in [1.807, 2.05) is 42.5 Å². The summed E-state index contributed by atoms with van der Waals surface area (Å²) < 4.78 is 12.7. The molecule has 0 aromatic heterocycles. The molecule has 0 aliphatic heterocycles. The van der Waals surface area contributed by atoms with Gasteiger partial charge in [-0.25, -0.2) is 0 Å². The summed E-state index contributed by atoms with van der Waals surface area (Å²) in [5.74, 6) is 1.69. The number of anilines is 1. The van der Waals surface area contributed by atoms with Crippen LogP contribution in [0.5, 0.6) is 11.5 Å². The molecular formula is C31H35N3O2S2. The standard InChI is InChI=1S/C31H35N3O2S2/c1-20(2)14-16-35-28-23(18-32)24(19-33)29(36-17-15-21(3)4)31(38-27-13-9-7-11-25(27)34)30(28)37-26-12-8-6-10-22(26)5/h6-13,20-21H,14-17,34H2,1-5H3. The molecule has 0 heterocycles. The first kappa shape index (κ1) is 29.3. The fourth-order valence-electron chi connectivity index (χ4n) is 3.59. The maximum Gasteiger partial charge on any atom is 0.153 e. The number of nitrogens with zero attached hydrogens (tertiary/aromatic N) is 2. The monoisotopic (exact) mass is 545 g/mol. The zero-order valence-electron chi connectivity index (χ0n) is 22.7. The largest absolute Gasteiger partial charge is 0.491 e. The highest BCUT2D eigenvalue weighted by Gasteiger charge is 2.29. The fraction of sp³-hybridized carbons (Fsp3) is 0.355. The molecule has 0 saturated carbocycles. The average Bonchev–Trinajstić information content (AvgIpc) is 2.88. The van der Waals surface area contributed by atoms with Gasteiger partial charge in [0.15, 0.2) is 11.5 Å². The third-order valence-corrected chi connectivity index (χ3v) is 8.45.